The molecule has 0 amide bonds. The van der Waals surface area contributed by atoms with Crippen molar-refractivity contribution in [3.63, 3.8) is 0 Å². The Morgan fingerprint density at radius 1 is 0.484 bits per heavy atom. The molecule has 6 aromatic carbocycles. The van der Waals surface area contributed by atoms with E-state index >= 15 is 0 Å². The van der Waals surface area contributed by atoms with Gasteiger partial charge in [-0.25, -0.2) is 0 Å². The van der Waals surface area contributed by atoms with Crippen molar-refractivity contribution in [1.29, 1.82) is 0 Å². The Balaban J connectivity index is 1.64. The van der Waals surface area contributed by atoms with E-state index in [1.165, 1.54) is 59.8 Å². The van der Waals surface area contributed by atoms with Gasteiger partial charge in [0.15, 0.2) is 0 Å². The summed E-state index contributed by atoms with van der Waals surface area (Å²) in [5.74, 6) is 0. The molecule has 0 aliphatic rings. The number of hydrogen-bond acceptors (Lipinski definition) is 0. The summed E-state index contributed by atoms with van der Waals surface area (Å²) in [6.45, 7) is 2.12. The lowest BCUT2D eigenvalue weighted by Crippen LogP contribution is -1.86. The van der Waals surface area contributed by atoms with Crippen molar-refractivity contribution in [2.24, 2.45) is 0 Å². The van der Waals surface area contributed by atoms with Crippen molar-refractivity contribution in [3.05, 3.63) is 120 Å². The van der Waals surface area contributed by atoms with Crippen LogP contribution in [0.1, 0.15) is 16.7 Å². The fourth-order valence-electron chi connectivity index (χ4n) is 4.73. The standard InChI is InChI=1S/C31H22/c1-21-10-12-22(13-11-21)14-15-24-20-25-17-18-28-26-7-3-2-6-23(26)16-19-30(28)31(25)29-9-5-4-8-27(24)29/h2-20H,1H3/b15-14+. The van der Waals surface area contributed by atoms with Gasteiger partial charge in [0.1, 0.15) is 0 Å². The maximum atomic E-state index is 2.33. The molecule has 0 nitrogen and oxygen atoms in total. The minimum atomic E-state index is 1.22. The Labute approximate surface area is 182 Å². The topological polar surface area (TPSA) is 0 Å². The van der Waals surface area contributed by atoms with Gasteiger partial charge in [-0.3, -0.25) is 0 Å². The molecule has 0 heteroatoms. The number of fused-ring (bicyclic) bond motifs is 7. The normalized spacial score (nSPS) is 11.9. The molecule has 0 atom stereocenters. The lowest BCUT2D eigenvalue weighted by molar-refractivity contribution is 1.46. The zero-order chi connectivity index (χ0) is 20.8. The summed E-state index contributed by atoms with van der Waals surface area (Å²) in [6.07, 6.45) is 4.46. The van der Waals surface area contributed by atoms with Crippen molar-refractivity contribution in [2.75, 3.05) is 0 Å². The highest BCUT2D eigenvalue weighted by atomic mass is 14.1. The molecule has 0 saturated heterocycles. The van der Waals surface area contributed by atoms with Crippen LogP contribution >= 0.6 is 0 Å². The first-order valence-electron chi connectivity index (χ1n) is 10.8. The van der Waals surface area contributed by atoms with Crippen molar-refractivity contribution in [1.82, 2.24) is 0 Å². The summed E-state index contributed by atoms with van der Waals surface area (Å²) in [5.41, 5.74) is 3.76. The highest BCUT2D eigenvalue weighted by Crippen LogP contribution is 2.37. The molecule has 0 unspecified atom stereocenters. The molecular formula is C31H22. The molecule has 0 radical (unpaired) electrons. The molecule has 0 bridgehead atoms. The summed E-state index contributed by atoms with van der Waals surface area (Å²) in [4.78, 5) is 0. The van der Waals surface area contributed by atoms with Gasteiger partial charge in [-0.05, 0) is 67.2 Å². The first-order valence-corrected chi connectivity index (χ1v) is 10.8. The largest absolute Gasteiger partial charge is 0.0616 e. The van der Waals surface area contributed by atoms with Gasteiger partial charge in [-0.15, -0.1) is 0 Å². The SMILES string of the molecule is Cc1ccc(/C=C/c2cc3ccc4c5ccccc5ccc4c3c3ccccc23)cc1. The van der Waals surface area contributed by atoms with Crippen LogP contribution in [0.2, 0.25) is 0 Å². The maximum absolute atomic E-state index is 2.33. The molecule has 0 N–H and O–H groups in total. The molecule has 0 aromatic heterocycles. The molecule has 0 spiro atoms. The third-order valence-electron chi connectivity index (χ3n) is 6.31. The monoisotopic (exact) mass is 394 g/mol. The van der Waals surface area contributed by atoms with Crippen molar-refractivity contribution in [3.8, 4) is 0 Å². The van der Waals surface area contributed by atoms with E-state index in [-0.39, 0.29) is 0 Å². The Kier molecular flexibility index (Phi) is 4.11. The summed E-state index contributed by atoms with van der Waals surface area (Å²) in [7, 11) is 0. The Morgan fingerprint density at radius 3 is 1.97 bits per heavy atom. The number of benzene rings is 6. The minimum Gasteiger partial charge on any atom is -0.0616 e. The van der Waals surface area contributed by atoms with Crippen molar-refractivity contribution >= 4 is 55.2 Å². The molecule has 0 fully saturated rings. The van der Waals surface area contributed by atoms with Crippen LogP contribution in [-0.2, 0) is 0 Å². The molecule has 6 rings (SSSR count). The second kappa shape index (κ2) is 7.11. The first kappa shape index (κ1) is 17.9. The van der Waals surface area contributed by atoms with Crippen molar-refractivity contribution in [2.45, 2.75) is 6.92 Å². The molecule has 0 aliphatic carbocycles. The quantitative estimate of drug-likeness (QED) is 0.203. The average molecular weight is 395 g/mol. The third kappa shape index (κ3) is 3.00. The lowest BCUT2D eigenvalue weighted by atomic mass is 9.91. The maximum Gasteiger partial charge on any atom is -0.00262 e. The Morgan fingerprint density at radius 2 is 1.13 bits per heavy atom. The summed E-state index contributed by atoms with van der Waals surface area (Å²) >= 11 is 0. The molecule has 0 aliphatic heterocycles. The molecule has 146 valence electrons. The van der Waals surface area contributed by atoms with E-state index in [0.29, 0.717) is 0 Å². The van der Waals surface area contributed by atoms with Gasteiger partial charge in [0, 0.05) is 0 Å². The van der Waals surface area contributed by atoms with Crippen LogP contribution in [0.25, 0.3) is 55.2 Å². The van der Waals surface area contributed by atoms with E-state index in [9.17, 15) is 0 Å². The van der Waals surface area contributed by atoms with Crippen LogP contribution in [0.3, 0.4) is 0 Å². The number of hydrogen-bond donors (Lipinski definition) is 0. The molecule has 0 heterocycles. The van der Waals surface area contributed by atoms with Gasteiger partial charge in [0.2, 0.25) is 0 Å². The van der Waals surface area contributed by atoms with E-state index in [1.54, 1.807) is 0 Å². The predicted molar refractivity (Wildman–Crippen MR) is 137 cm³/mol. The molecule has 31 heavy (non-hydrogen) atoms. The highest BCUT2D eigenvalue weighted by molar-refractivity contribution is 6.25. The van der Waals surface area contributed by atoms with Crippen LogP contribution in [0, 0.1) is 6.92 Å². The van der Waals surface area contributed by atoms with Gasteiger partial charge in [0.25, 0.3) is 0 Å². The third-order valence-corrected chi connectivity index (χ3v) is 6.31. The second-order valence-electron chi connectivity index (χ2n) is 8.30. The van der Waals surface area contributed by atoms with Gasteiger partial charge < -0.3 is 0 Å². The lowest BCUT2D eigenvalue weighted by Gasteiger charge is -2.12. The Hall–Kier alpha value is -3.90. The Bertz CT molecular complexity index is 1620. The zero-order valence-electron chi connectivity index (χ0n) is 17.5. The fraction of sp³-hybridized carbons (Fsp3) is 0.0323. The summed E-state index contributed by atoms with van der Waals surface area (Å²) < 4.78 is 0. The van der Waals surface area contributed by atoms with E-state index < -0.39 is 0 Å². The first-order chi connectivity index (χ1) is 15.3. The summed E-state index contributed by atoms with van der Waals surface area (Å²) in [6, 6.07) is 37.5. The predicted octanol–water partition coefficient (Wildman–Crippen LogP) is 8.78. The second-order valence-corrected chi connectivity index (χ2v) is 8.30. The number of aryl methyl sites for hydroxylation is 1. The number of rotatable bonds is 2. The van der Waals surface area contributed by atoms with E-state index in [2.05, 4.69) is 122 Å². The van der Waals surface area contributed by atoms with E-state index in [0.717, 1.165) is 0 Å². The van der Waals surface area contributed by atoms with Crippen LogP contribution in [0.15, 0.2) is 103 Å². The van der Waals surface area contributed by atoms with Gasteiger partial charge in [-0.2, -0.15) is 0 Å². The van der Waals surface area contributed by atoms with Crippen LogP contribution in [0.5, 0.6) is 0 Å². The molecular weight excluding hydrogens is 372 g/mol. The van der Waals surface area contributed by atoms with Crippen LogP contribution in [0.4, 0.5) is 0 Å². The van der Waals surface area contributed by atoms with E-state index in [1.807, 2.05) is 0 Å². The van der Waals surface area contributed by atoms with Crippen LogP contribution < -0.4 is 0 Å². The smallest absolute Gasteiger partial charge is 0.00262 e. The van der Waals surface area contributed by atoms with Gasteiger partial charge in [0.05, 0.1) is 0 Å². The van der Waals surface area contributed by atoms with E-state index in [4.69, 9.17) is 0 Å². The van der Waals surface area contributed by atoms with Gasteiger partial charge in [-0.1, -0.05) is 115 Å². The average Bonchev–Trinajstić information content (AvgIpc) is 2.83. The summed E-state index contributed by atoms with van der Waals surface area (Å²) in [5, 5.41) is 10.5. The van der Waals surface area contributed by atoms with Crippen LogP contribution in [-0.4, -0.2) is 0 Å². The van der Waals surface area contributed by atoms with Crippen molar-refractivity contribution < 1.29 is 0 Å². The minimum absolute atomic E-state index is 1.22. The fourth-order valence-corrected chi connectivity index (χ4v) is 4.73. The highest BCUT2D eigenvalue weighted by Gasteiger charge is 2.10. The molecule has 6 aromatic rings. The molecule has 0 saturated carbocycles. The zero-order valence-corrected chi connectivity index (χ0v) is 17.5. The van der Waals surface area contributed by atoms with Gasteiger partial charge >= 0.3 is 0 Å².